The number of ether oxygens (including phenoxy) is 1. The van der Waals surface area contributed by atoms with E-state index in [1.165, 1.54) is 0 Å². The zero-order valence-electron chi connectivity index (χ0n) is 12.2. The van der Waals surface area contributed by atoms with Gasteiger partial charge in [0.15, 0.2) is 0 Å². The van der Waals surface area contributed by atoms with Gasteiger partial charge < -0.3 is 20.7 Å². The number of rotatable bonds is 4. The number of hydrogen-bond acceptors (Lipinski definition) is 4. The van der Waals surface area contributed by atoms with E-state index >= 15 is 0 Å². The van der Waals surface area contributed by atoms with Crippen molar-refractivity contribution in [1.82, 2.24) is 10.2 Å². The summed E-state index contributed by atoms with van der Waals surface area (Å²) in [5.41, 5.74) is 5.38. The molecule has 0 radical (unpaired) electrons. The summed E-state index contributed by atoms with van der Waals surface area (Å²) in [6.45, 7) is 9.26. The Morgan fingerprint density at radius 1 is 1.42 bits per heavy atom. The van der Waals surface area contributed by atoms with Gasteiger partial charge in [-0.05, 0) is 19.8 Å². The number of morpholine rings is 1. The predicted octanol–water partition coefficient (Wildman–Crippen LogP) is -0.277. The maximum atomic E-state index is 12.0. The van der Waals surface area contributed by atoms with Gasteiger partial charge in [-0.3, -0.25) is 9.59 Å². The third-order valence-electron chi connectivity index (χ3n) is 3.21. The molecule has 1 aliphatic rings. The van der Waals surface area contributed by atoms with E-state index in [2.05, 4.69) is 5.32 Å². The zero-order chi connectivity index (χ0) is 14.6. The standard InChI is InChI=1S/C13H25N3O3/c1-9(2)11(14)12(18)15-7-10(17)16-5-6-19-13(3,4)8-16/h9,11H,5-8,14H2,1-4H3,(H,15,18)/t11-/m0/s1. The van der Waals surface area contributed by atoms with E-state index in [0.717, 1.165) is 0 Å². The fraction of sp³-hybridized carbons (Fsp3) is 0.846. The Kier molecular flexibility index (Phi) is 5.31. The lowest BCUT2D eigenvalue weighted by atomic mass is 10.1. The highest BCUT2D eigenvalue weighted by Crippen LogP contribution is 2.16. The molecule has 0 bridgehead atoms. The lowest BCUT2D eigenvalue weighted by Crippen LogP contribution is -2.54. The minimum Gasteiger partial charge on any atom is -0.372 e. The minimum absolute atomic E-state index is 0.00463. The van der Waals surface area contributed by atoms with E-state index in [4.69, 9.17) is 10.5 Å². The van der Waals surface area contributed by atoms with Gasteiger partial charge >= 0.3 is 0 Å². The lowest BCUT2D eigenvalue weighted by Gasteiger charge is -2.38. The first-order chi connectivity index (χ1) is 8.73. The monoisotopic (exact) mass is 271 g/mol. The first-order valence-corrected chi connectivity index (χ1v) is 6.68. The second-order valence-electron chi connectivity index (χ2n) is 5.91. The topological polar surface area (TPSA) is 84.7 Å². The number of nitrogens with two attached hydrogens (primary N) is 1. The largest absolute Gasteiger partial charge is 0.372 e. The summed E-state index contributed by atoms with van der Waals surface area (Å²) < 4.78 is 5.54. The summed E-state index contributed by atoms with van der Waals surface area (Å²) in [4.78, 5) is 25.4. The minimum atomic E-state index is -0.575. The molecule has 6 heteroatoms. The molecule has 3 N–H and O–H groups in total. The van der Waals surface area contributed by atoms with E-state index in [9.17, 15) is 9.59 Å². The van der Waals surface area contributed by atoms with Gasteiger partial charge in [-0.1, -0.05) is 13.8 Å². The first-order valence-electron chi connectivity index (χ1n) is 6.68. The number of hydrogen-bond donors (Lipinski definition) is 2. The van der Waals surface area contributed by atoms with Crippen molar-refractivity contribution in [2.75, 3.05) is 26.2 Å². The van der Waals surface area contributed by atoms with Crippen LogP contribution in [0.2, 0.25) is 0 Å². The van der Waals surface area contributed by atoms with Gasteiger partial charge in [-0.2, -0.15) is 0 Å². The van der Waals surface area contributed by atoms with Crippen molar-refractivity contribution < 1.29 is 14.3 Å². The van der Waals surface area contributed by atoms with Crippen molar-refractivity contribution in [1.29, 1.82) is 0 Å². The molecule has 1 aliphatic heterocycles. The summed E-state index contributed by atoms with van der Waals surface area (Å²) >= 11 is 0. The second-order valence-corrected chi connectivity index (χ2v) is 5.91. The lowest BCUT2D eigenvalue weighted by molar-refractivity contribution is -0.146. The van der Waals surface area contributed by atoms with Crippen LogP contribution in [0.25, 0.3) is 0 Å². The van der Waals surface area contributed by atoms with Crippen LogP contribution in [0.15, 0.2) is 0 Å². The van der Waals surface area contributed by atoms with Crippen LogP contribution < -0.4 is 11.1 Å². The Hall–Kier alpha value is -1.14. The molecule has 19 heavy (non-hydrogen) atoms. The maximum absolute atomic E-state index is 12.0. The van der Waals surface area contributed by atoms with Crippen LogP contribution in [0, 0.1) is 5.92 Å². The zero-order valence-corrected chi connectivity index (χ0v) is 12.2. The highest BCUT2D eigenvalue weighted by Gasteiger charge is 2.30. The highest BCUT2D eigenvalue weighted by molar-refractivity contribution is 5.87. The van der Waals surface area contributed by atoms with Crippen LogP contribution in [-0.4, -0.2) is 54.6 Å². The van der Waals surface area contributed by atoms with Crippen molar-refractivity contribution in [3.8, 4) is 0 Å². The third kappa shape index (κ3) is 4.80. The van der Waals surface area contributed by atoms with Gasteiger partial charge in [0.05, 0.1) is 24.8 Å². The molecule has 1 saturated heterocycles. The Morgan fingerprint density at radius 3 is 2.58 bits per heavy atom. The van der Waals surface area contributed by atoms with Crippen molar-refractivity contribution in [2.24, 2.45) is 11.7 Å². The molecule has 0 saturated carbocycles. The number of carbonyl (C=O) groups is 2. The van der Waals surface area contributed by atoms with Gasteiger partial charge in [0, 0.05) is 13.1 Å². The molecule has 0 aromatic carbocycles. The molecule has 2 amide bonds. The average Bonchev–Trinajstić information content (AvgIpc) is 2.33. The predicted molar refractivity (Wildman–Crippen MR) is 72.4 cm³/mol. The summed E-state index contributed by atoms with van der Waals surface area (Å²) in [7, 11) is 0. The summed E-state index contributed by atoms with van der Waals surface area (Å²) in [6.07, 6.45) is 0. The van der Waals surface area contributed by atoms with Crippen LogP contribution in [0.5, 0.6) is 0 Å². The van der Waals surface area contributed by atoms with Crippen LogP contribution in [0.1, 0.15) is 27.7 Å². The number of nitrogens with one attached hydrogen (secondary N) is 1. The summed E-state index contributed by atoms with van der Waals surface area (Å²) in [5, 5.41) is 2.59. The van der Waals surface area contributed by atoms with Crippen LogP contribution in [0.4, 0.5) is 0 Å². The summed E-state index contributed by atoms with van der Waals surface area (Å²) in [5.74, 6) is -0.325. The van der Waals surface area contributed by atoms with Gasteiger partial charge in [-0.25, -0.2) is 0 Å². The van der Waals surface area contributed by atoms with Gasteiger partial charge in [0.25, 0.3) is 0 Å². The van der Waals surface area contributed by atoms with Gasteiger partial charge in [-0.15, -0.1) is 0 Å². The average molecular weight is 271 g/mol. The van der Waals surface area contributed by atoms with Gasteiger partial charge in [0.2, 0.25) is 11.8 Å². The highest BCUT2D eigenvalue weighted by atomic mass is 16.5. The van der Waals surface area contributed by atoms with E-state index < -0.39 is 6.04 Å². The number of nitrogens with zero attached hydrogens (tertiary/aromatic N) is 1. The Morgan fingerprint density at radius 2 is 2.05 bits per heavy atom. The summed E-state index contributed by atoms with van der Waals surface area (Å²) in [6, 6.07) is -0.575. The maximum Gasteiger partial charge on any atom is 0.242 e. The molecule has 0 aliphatic carbocycles. The molecule has 110 valence electrons. The molecule has 0 unspecified atom stereocenters. The number of carbonyl (C=O) groups excluding carboxylic acids is 2. The van der Waals surface area contributed by atoms with Crippen molar-refractivity contribution in [2.45, 2.75) is 39.3 Å². The fourth-order valence-corrected chi connectivity index (χ4v) is 1.92. The SMILES string of the molecule is CC(C)[C@H](N)C(=O)NCC(=O)N1CCOC(C)(C)C1. The van der Waals surface area contributed by atoms with Gasteiger partial charge in [0.1, 0.15) is 0 Å². The van der Waals surface area contributed by atoms with E-state index in [0.29, 0.717) is 19.7 Å². The van der Waals surface area contributed by atoms with Crippen LogP contribution >= 0.6 is 0 Å². The van der Waals surface area contributed by atoms with E-state index in [-0.39, 0.29) is 29.9 Å². The quantitative estimate of drug-likeness (QED) is 0.737. The van der Waals surface area contributed by atoms with E-state index in [1.54, 1.807) is 4.90 Å². The molecule has 1 rings (SSSR count). The van der Waals surface area contributed by atoms with Crippen LogP contribution in [0.3, 0.4) is 0 Å². The Bertz CT molecular complexity index is 342. The van der Waals surface area contributed by atoms with Crippen molar-refractivity contribution >= 4 is 11.8 Å². The molecule has 0 aromatic heterocycles. The van der Waals surface area contributed by atoms with E-state index in [1.807, 2.05) is 27.7 Å². The molecule has 1 fully saturated rings. The normalized spacial score (nSPS) is 20.2. The Labute approximate surface area is 114 Å². The van der Waals surface area contributed by atoms with Crippen molar-refractivity contribution in [3.63, 3.8) is 0 Å². The molecule has 6 nitrogen and oxygen atoms in total. The number of amides is 2. The molecule has 1 atom stereocenters. The first kappa shape index (κ1) is 15.9. The second kappa shape index (κ2) is 6.34. The molecular formula is C13H25N3O3. The molecule has 1 heterocycles. The Balaban J connectivity index is 2.41. The molecule has 0 aromatic rings. The third-order valence-corrected chi connectivity index (χ3v) is 3.21. The van der Waals surface area contributed by atoms with Crippen LogP contribution in [-0.2, 0) is 14.3 Å². The smallest absolute Gasteiger partial charge is 0.242 e. The fourth-order valence-electron chi connectivity index (χ4n) is 1.92. The van der Waals surface area contributed by atoms with Crippen molar-refractivity contribution in [3.05, 3.63) is 0 Å². The molecule has 0 spiro atoms. The molecular weight excluding hydrogens is 246 g/mol.